The molecule has 2 nitrogen and oxygen atoms in total. The van der Waals surface area contributed by atoms with Crippen molar-refractivity contribution in [2.45, 2.75) is 18.2 Å². The van der Waals surface area contributed by atoms with Crippen molar-refractivity contribution in [1.82, 2.24) is 0 Å². The molecular weight excluding hydrogens is 184 g/mol. The van der Waals surface area contributed by atoms with Crippen LogP contribution >= 0.6 is 11.8 Å². The fraction of sp³-hybridized carbons (Fsp3) is 0.300. The second-order valence-electron chi connectivity index (χ2n) is 2.43. The first-order valence-corrected chi connectivity index (χ1v) is 4.96. The van der Waals surface area contributed by atoms with Crippen molar-refractivity contribution in [2.24, 2.45) is 0 Å². The second-order valence-corrected chi connectivity index (χ2v) is 3.40. The van der Waals surface area contributed by atoms with Crippen molar-refractivity contribution < 1.29 is 9.53 Å². The van der Waals surface area contributed by atoms with E-state index >= 15 is 0 Å². The van der Waals surface area contributed by atoms with Gasteiger partial charge in [-0.15, -0.1) is 0 Å². The highest BCUT2D eigenvalue weighted by atomic mass is 32.2. The van der Waals surface area contributed by atoms with E-state index in [1.54, 1.807) is 6.07 Å². The summed E-state index contributed by atoms with van der Waals surface area (Å²) < 4.78 is 4.90. The third kappa shape index (κ3) is 3.99. The van der Waals surface area contributed by atoms with Crippen LogP contribution in [0.25, 0.3) is 0 Å². The third-order valence-corrected chi connectivity index (χ3v) is 2.06. The number of thioether (sulfide) groups is 1. The monoisotopic (exact) mass is 195 g/mol. The molecule has 0 unspecified atom stereocenters. The zero-order chi connectivity index (χ0) is 9.52. The van der Waals surface area contributed by atoms with Gasteiger partial charge in [0, 0.05) is 4.90 Å². The quantitative estimate of drug-likeness (QED) is 0.547. The van der Waals surface area contributed by atoms with Crippen LogP contribution < -0.4 is 0 Å². The molecule has 0 aliphatic carbocycles. The van der Waals surface area contributed by atoms with E-state index in [9.17, 15) is 4.79 Å². The predicted molar refractivity (Wildman–Crippen MR) is 52.8 cm³/mol. The molecule has 1 aromatic rings. The zero-order valence-electron chi connectivity index (χ0n) is 7.45. The first-order chi connectivity index (χ1) is 6.33. The minimum atomic E-state index is -0.260. The van der Waals surface area contributed by atoms with E-state index in [1.165, 1.54) is 0 Å². The Morgan fingerprint density at radius 2 is 2.46 bits per heavy atom. The molecule has 13 heavy (non-hydrogen) atoms. The second kappa shape index (κ2) is 5.65. The lowest BCUT2D eigenvalue weighted by Gasteiger charge is -2.00. The minimum Gasteiger partial charge on any atom is -0.457 e. The average molecular weight is 195 g/mol. The van der Waals surface area contributed by atoms with Crippen LogP contribution in [-0.2, 0) is 4.74 Å². The molecule has 0 aliphatic rings. The van der Waals surface area contributed by atoms with Crippen LogP contribution in [0.3, 0.4) is 0 Å². The first kappa shape index (κ1) is 10.1. The number of carbonyl (C=O) groups excluding carboxylic acids is 1. The number of benzene rings is 1. The molecule has 0 saturated heterocycles. The highest BCUT2D eigenvalue weighted by molar-refractivity contribution is 8.13. The zero-order valence-corrected chi connectivity index (χ0v) is 8.26. The number of carbonyl (C=O) groups is 1. The van der Waals surface area contributed by atoms with Crippen molar-refractivity contribution in [3.8, 4) is 0 Å². The lowest BCUT2D eigenvalue weighted by molar-refractivity contribution is 0.175. The maximum atomic E-state index is 11.1. The topological polar surface area (TPSA) is 26.3 Å². The molecule has 0 aromatic heterocycles. The summed E-state index contributed by atoms with van der Waals surface area (Å²) >= 11 is 1.07. The Labute approximate surface area is 82.3 Å². The Hall–Kier alpha value is -0.960. The molecule has 1 rings (SSSR count). The van der Waals surface area contributed by atoms with Crippen molar-refractivity contribution in [3.05, 3.63) is 30.3 Å². The van der Waals surface area contributed by atoms with Gasteiger partial charge in [-0.25, -0.2) is 4.79 Å². The molecule has 3 heteroatoms. The van der Waals surface area contributed by atoms with Gasteiger partial charge in [0.1, 0.15) is 0 Å². The molecule has 0 atom stereocenters. The van der Waals surface area contributed by atoms with Crippen molar-refractivity contribution in [1.29, 1.82) is 0 Å². The van der Waals surface area contributed by atoms with Gasteiger partial charge in [0.25, 0.3) is 0 Å². The van der Waals surface area contributed by atoms with Crippen LogP contribution in [-0.4, -0.2) is 11.9 Å². The number of hydrogen-bond donors (Lipinski definition) is 0. The summed E-state index contributed by atoms with van der Waals surface area (Å²) in [4.78, 5) is 11.9. The molecule has 0 fully saturated rings. The summed E-state index contributed by atoms with van der Waals surface area (Å²) in [6, 6.07) is 10.3. The van der Waals surface area contributed by atoms with E-state index < -0.39 is 0 Å². The van der Waals surface area contributed by atoms with E-state index in [2.05, 4.69) is 6.07 Å². The lowest BCUT2D eigenvalue weighted by Crippen LogP contribution is -1.97. The predicted octanol–water partition coefficient (Wildman–Crippen LogP) is 3.13. The smallest absolute Gasteiger partial charge is 0.372 e. The summed E-state index contributed by atoms with van der Waals surface area (Å²) in [6.07, 6.45) is 0.852. The Balaban J connectivity index is 2.37. The molecule has 1 radical (unpaired) electrons. The summed E-state index contributed by atoms with van der Waals surface area (Å²) in [5.74, 6) is 0. The Kier molecular flexibility index (Phi) is 4.40. The number of ether oxygens (including phenoxy) is 1. The van der Waals surface area contributed by atoms with E-state index in [-0.39, 0.29) is 5.30 Å². The van der Waals surface area contributed by atoms with E-state index in [0.29, 0.717) is 6.61 Å². The van der Waals surface area contributed by atoms with Crippen LogP contribution in [0.1, 0.15) is 13.3 Å². The van der Waals surface area contributed by atoms with Crippen LogP contribution in [0.2, 0.25) is 0 Å². The summed E-state index contributed by atoms with van der Waals surface area (Å²) in [5.41, 5.74) is 0. The van der Waals surface area contributed by atoms with Gasteiger partial charge in [-0.05, 0) is 30.3 Å². The molecule has 0 bridgehead atoms. The van der Waals surface area contributed by atoms with Gasteiger partial charge in [0.15, 0.2) is 0 Å². The normalized spacial score (nSPS) is 9.62. The van der Waals surface area contributed by atoms with Gasteiger partial charge in [0.2, 0.25) is 0 Å². The van der Waals surface area contributed by atoms with Crippen molar-refractivity contribution in [2.75, 3.05) is 6.61 Å². The van der Waals surface area contributed by atoms with E-state index in [1.807, 2.05) is 25.1 Å². The Bertz CT molecular complexity index is 259. The third-order valence-electron chi connectivity index (χ3n) is 1.30. The average Bonchev–Trinajstić information content (AvgIpc) is 2.16. The molecule has 0 amide bonds. The highest BCUT2D eigenvalue weighted by Crippen LogP contribution is 2.18. The maximum absolute atomic E-state index is 11.1. The SMILES string of the molecule is CCCOC(=O)Sc1[c]cccc1. The summed E-state index contributed by atoms with van der Waals surface area (Å²) in [5, 5.41) is -0.260. The number of rotatable bonds is 3. The van der Waals surface area contributed by atoms with E-state index in [4.69, 9.17) is 4.74 Å². The first-order valence-electron chi connectivity index (χ1n) is 4.14. The fourth-order valence-electron chi connectivity index (χ4n) is 0.745. The molecule has 0 spiro atoms. The van der Waals surface area contributed by atoms with Crippen molar-refractivity contribution >= 4 is 17.1 Å². The largest absolute Gasteiger partial charge is 0.457 e. The Morgan fingerprint density at radius 1 is 1.62 bits per heavy atom. The van der Waals surface area contributed by atoms with Crippen LogP contribution in [0.4, 0.5) is 4.79 Å². The lowest BCUT2D eigenvalue weighted by atomic mass is 10.4. The number of hydrogen-bond acceptors (Lipinski definition) is 3. The Morgan fingerprint density at radius 3 is 3.08 bits per heavy atom. The fourth-order valence-corrected chi connectivity index (χ4v) is 1.34. The van der Waals surface area contributed by atoms with Crippen LogP contribution in [0.5, 0.6) is 0 Å². The van der Waals surface area contributed by atoms with Crippen LogP contribution in [0, 0.1) is 6.07 Å². The molecule has 1 aromatic carbocycles. The molecule has 0 N–H and O–H groups in total. The van der Waals surface area contributed by atoms with Gasteiger partial charge >= 0.3 is 5.30 Å². The summed E-state index contributed by atoms with van der Waals surface area (Å²) in [7, 11) is 0. The van der Waals surface area contributed by atoms with E-state index in [0.717, 1.165) is 23.1 Å². The molecule has 0 heterocycles. The van der Waals surface area contributed by atoms with Crippen LogP contribution in [0.15, 0.2) is 29.2 Å². The summed E-state index contributed by atoms with van der Waals surface area (Å²) in [6.45, 7) is 2.45. The van der Waals surface area contributed by atoms with Gasteiger partial charge in [-0.2, -0.15) is 0 Å². The molecular formula is C10H11O2S. The van der Waals surface area contributed by atoms with Crippen molar-refractivity contribution in [3.63, 3.8) is 0 Å². The van der Waals surface area contributed by atoms with Gasteiger partial charge in [-0.1, -0.05) is 25.1 Å². The molecule has 0 saturated carbocycles. The van der Waals surface area contributed by atoms with Gasteiger partial charge in [-0.3, -0.25) is 0 Å². The van der Waals surface area contributed by atoms with Gasteiger partial charge in [0.05, 0.1) is 6.61 Å². The standard InChI is InChI=1S/C10H11O2S/c1-2-8-12-10(11)13-9-6-4-3-5-7-9/h3-6H,2,8H2,1H3. The highest BCUT2D eigenvalue weighted by Gasteiger charge is 2.03. The minimum absolute atomic E-state index is 0.260. The van der Waals surface area contributed by atoms with Gasteiger partial charge < -0.3 is 4.74 Å². The molecule has 69 valence electrons. The maximum Gasteiger partial charge on any atom is 0.372 e. The molecule has 0 aliphatic heterocycles.